The number of carbonyl (C=O) groups is 2. The zero-order valence-electron chi connectivity index (χ0n) is 8.20. The maximum atomic E-state index is 11.2. The van der Waals surface area contributed by atoms with Gasteiger partial charge in [-0.3, -0.25) is 9.59 Å². The van der Waals surface area contributed by atoms with Crippen LogP contribution in [0.2, 0.25) is 0 Å². The Bertz CT molecular complexity index is 210. The average Bonchev–Trinajstić information content (AvgIpc) is 2.16. The Morgan fingerprint density at radius 1 is 1.57 bits per heavy atom. The number of hydrogen-bond acceptors (Lipinski definition) is 4. The highest BCUT2D eigenvalue weighted by molar-refractivity contribution is 6.27. The summed E-state index contributed by atoms with van der Waals surface area (Å²) in [5, 5.41) is 8.91. The fourth-order valence-corrected chi connectivity index (χ4v) is 1.16. The van der Waals surface area contributed by atoms with E-state index >= 15 is 0 Å². The van der Waals surface area contributed by atoms with Crippen molar-refractivity contribution >= 4 is 23.5 Å². The van der Waals surface area contributed by atoms with Crippen LogP contribution in [0.25, 0.3) is 0 Å². The van der Waals surface area contributed by atoms with Gasteiger partial charge in [0.2, 0.25) is 12.1 Å². The number of likely N-dealkylation sites (N-methyl/N-ethyl adjacent to an activating group) is 1. The van der Waals surface area contributed by atoms with Gasteiger partial charge < -0.3 is 14.7 Å². The number of esters is 1. The molecule has 0 radical (unpaired) electrons. The molecule has 0 aliphatic carbocycles. The minimum Gasteiger partial charge on any atom is -0.439 e. The van der Waals surface area contributed by atoms with Gasteiger partial charge in [-0.15, -0.1) is 11.6 Å². The van der Waals surface area contributed by atoms with E-state index in [1.807, 2.05) is 0 Å². The third-order valence-electron chi connectivity index (χ3n) is 1.58. The molecule has 0 saturated heterocycles. The second-order valence-corrected chi connectivity index (χ2v) is 2.83. The smallest absolute Gasteiger partial charge is 0.304 e. The lowest BCUT2D eigenvalue weighted by Gasteiger charge is -2.27. The molecular formula is C8H14ClNO4. The molecule has 0 aliphatic rings. The Labute approximate surface area is 87.6 Å². The molecule has 0 spiro atoms. The van der Waals surface area contributed by atoms with Gasteiger partial charge in [-0.1, -0.05) is 0 Å². The van der Waals surface area contributed by atoms with Gasteiger partial charge >= 0.3 is 5.97 Å². The van der Waals surface area contributed by atoms with Crippen LogP contribution in [0.3, 0.4) is 0 Å². The van der Waals surface area contributed by atoms with E-state index in [0.717, 1.165) is 0 Å². The first-order valence-corrected chi connectivity index (χ1v) is 4.73. The Hall–Kier alpha value is -0.810. The topological polar surface area (TPSA) is 66.8 Å². The van der Waals surface area contributed by atoms with Crippen LogP contribution in [-0.4, -0.2) is 47.1 Å². The lowest BCUT2D eigenvalue weighted by molar-refractivity contribution is -0.166. The van der Waals surface area contributed by atoms with Crippen molar-refractivity contribution in [2.75, 3.05) is 19.0 Å². The number of amides is 1. The van der Waals surface area contributed by atoms with Crippen molar-refractivity contribution in [1.29, 1.82) is 0 Å². The maximum Gasteiger partial charge on any atom is 0.304 e. The fourth-order valence-electron chi connectivity index (χ4n) is 1.01. The van der Waals surface area contributed by atoms with Gasteiger partial charge in [0.1, 0.15) is 5.88 Å². The van der Waals surface area contributed by atoms with Crippen molar-refractivity contribution < 1.29 is 19.4 Å². The highest BCUT2D eigenvalue weighted by Gasteiger charge is 2.22. The van der Waals surface area contributed by atoms with Gasteiger partial charge in [-0.2, -0.15) is 0 Å². The second-order valence-electron chi connectivity index (χ2n) is 2.56. The largest absolute Gasteiger partial charge is 0.439 e. The summed E-state index contributed by atoms with van der Waals surface area (Å²) in [4.78, 5) is 23.1. The number of rotatable bonds is 5. The van der Waals surface area contributed by atoms with Crippen LogP contribution in [0.1, 0.15) is 13.8 Å². The van der Waals surface area contributed by atoms with Crippen molar-refractivity contribution in [2.45, 2.75) is 20.1 Å². The molecule has 0 aliphatic heterocycles. The van der Waals surface area contributed by atoms with E-state index in [2.05, 4.69) is 0 Å². The molecule has 0 bridgehead atoms. The predicted molar refractivity (Wildman–Crippen MR) is 50.7 cm³/mol. The summed E-state index contributed by atoms with van der Waals surface area (Å²) in [6.07, 6.45) is -0.941. The van der Waals surface area contributed by atoms with Gasteiger partial charge in [-0.05, 0) is 6.92 Å². The molecule has 1 N–H and O–H groups in total. The summed E-state index contributed by atoms with van der Waals surface area (Å²) in [5.74, 6) is -1.13. The predicted octanol–water partition coefficient (Wildman–Crippen LogP) is -0.0448. The van der Waals surface area contributed by atoms with Crippen LogP contribution < -0.4 is 0 Å². The van der Waals surface area contributed by atoms with Crippen LogP contribution in [0.5, 0.6) is 0 Å². The molecule has 0 fully saturated rings. The van der Waals surface area contributed by atoms with E-state index in [-0.39, 0.29) is 11.8 Å². The van der Waals surface area contributed by atoms with Crippen LogP contribution in [0.4, 0.5) is 0 Å². The third-order valence-corrected chi connectivity index (χ3v) is 1.81. The zero-order chi connectivity index (χ0) is 11.1. The van der Waals surface area contributed by atoms with E-state index < -0.39 is 18.8 Å². The van der Waals surface area contributed by atoms with Crippen molar-refractivity contribution in [3.05, 3.63) is 0 Å². The number of carbonyl (C=O) groups excluding carboxylic acids is 2. The number of alkyl halides is 1. The summed E-state index contributed by atoms with van der Waals surface area (Å²) in [7, 11) is 0. The van der Waals surface area contributed by atoms with Gasteiger partial charge in [0.25, 0.3) is 0 Å². The second kappa shape index (κ2) is 6.62. The highest BCUT2D eigenvalue weighted by atomic mass is 35.5. The maximum absolute atomic E-state index is 11.2. The molecule has 0 aromatic carbocycles. The summed E-state index contributed by atoms with van der Waals surface area (Å²) >= 11 is 5.35. The molecule has 14 heavy (non-hydrogen) atoms. The van der Waals surface area contributed by atoms with Crippen molar-refractivity contribution in [3.63, 3.8) is 0 Å². The van der Waals surface area contributed by atoms with E-state index in [1.54, 1.807) is 6.92 Å². The number of aliphatic hydroxyl groups excluding tert-OH is 1. The normalized spacial score (nSPS) is 12.0. The number of ether oxygens (including phenoxy) is 1. The van der Waals surface area contributed by atoms with Crippen LogP contribution in [0, 0.1) is 0 Å². The van der Waals surface area contributed by atoms with Gasteiger partial charge in [0.05, 0.1) is 6.61 Å². The van der Waals surface area contributed by atoms with Gasteiger partial charge in [0.15, 0.2) is 0 Å². The Morgan fingerprint density at radius 3 is 2.43 bits per heavy atom. The van der Waals surface area contributed by atoms with E-state index in [0.29, 0.717) is 6.54 Å². The van der Waals surface area contributed by atoms with Crippen LogP contribution in [-0.2, 0) is 14.3 Å². The van der Waals surface area contributed by atoms with E-state index in [1.165, 1.54) is 11.8 Å². The highest BCUT2D eigenvalue weighted by Crippen LogP contribution is 2.03. The zero-order valence-corrected chi connectivity index (χ0v) is 8.95. The lowest BCUT2D eigenvalue weighted by atomic mass is 10.4. The standard InChI is InChI=1S/C8H14ClNO4/c1-3-10(7(13)4-9)8(5-11)14-6(2)12/h8,11H,3-5H2,1-2H3. The lowest BCUT2D eigenvalue weighted by Crippen LogP contribution is -2.45. The first-order valence-electron chi connectivity index (χ1n) is 4.20. The third kappa shape index (κ3) is 3.93. The number of hydrogen-bond donors (Lipinski definition) is 1. The van der Waals surface area contributed by atoms with Gasteiger partial charge in [-0.25, -0.2) is 0 Å². The van der Waals surface area contributed by atoms with Crippen LogP contribution in [0.15, 0.2) is 0 Å². The molecule has 0 heterocycles. The monoisotopic (exact) mass is 223 g/mol. The van der Waals surface area contributed by atoms with Gasteiger partial charge in [0, 0.05) is 13.5 Å². The minimum atomic E-state index is -0.941. The molecule has 0 rings (SSSR count). The molecule has 0 saturated carbocycles. The number of halogens is 1. The Balaban J connectivity index is 4.43. The minimum absolute atomic E-state index is 0.203. The molecule has 6 heteroatoms. The molecule has 1 amide bonds. The average molecular weight is 224 g/mol. The Kier molecular flexibility index (Phi) is 6.23. The molecule has 82 valence electrons. The Morgan fingerprint density at radius 2 is 2.14 bits per heavy atom. The quantitative estimate of drug-likeness (QED) is 0.403. The first-order chi connectivity index (χ1) is 6.56. The summed E-state index contributed by atoms with van der Waals surface area (Å²) in [6, 6.07) is 0. The molecule has 5 nitrogen and oxygen atoms in total. The van der Waals surface area contributed by atoms with Crippen LogP contribution >= 0.6 is 11.6 Å². The summed E-state index contributed by atoms with van der Waals surface area (Å²) in [5.41, 5.74) is 0. The van der Waals surface area contributed by atoms with E-state index in [9.17, 15) is 9.59 Å². The fraction of sp³-hybridized carbons (Fsp3) is 0.750. The molecule has 1 unspecified atom stereocenters. The van der Waals surface area contributed by atoms with Crippen molar-refractivity contribution in [1.82, 2.24) is 4.90 Å². The summed E-state index contributed by atoms with van der Waals surface area (Å²) < 4.78 is 4.73. The molecule has 0 aromatic rings. The van der Waals surface area contributed by atoms with E-state index in [4.69, 9.17) is 21.4 Å². The first kappa shape index (κ1) is 13.2. The van der Waals surface area contributed by atoms with Crippen molar-refractivity contribution in [3.8, 4) is 0 Å². The number of nitrogens with zero attached hydrogens (tertiary/aromatic N) is 1. The molecule has 0 aromatic heterocycles. The SMILES string of the molecule is CCN(C(=O)CCl)C(CO)OC(C)=O. The molecule has 1 atom stereocenters. The summed E-state index contributed by atoms with van der Waals surface area (Å²) in [6.45, 7) is 2.80. The van der Waals surface area contributed by atoms with Crippen molar-refractivity contribution in [2.24, 2.45) is 0 Å². The molecular weight excluding hydrogens is 210 g/mol. The number of aliphatic hydroxyl groups is 1.